The number of terminal acetylenes is 1. The number of hydrogen-bond donors (Lipinski definition) is 1. The summed E-state index contributed by atoms with van der Waals surface area (Å²) in [4.78, 5) is 23.5. The predicted octanol–water partition coefficient (Wildman–Crippen LogP) is -0.0500. The average molecular weight is 166 g/mol. The lowest BCUT2D eigenvalue weighted by atomic mass is 10.2. The molecule has 12 heavy (non-hydrogen) atoms. The van der Waals surface area contributed by atoms with Crippen molar-refractivity contribution >= 4 is 11.9 Å². The van der Waals surface area contributed by atoms with Gasteiger partial charge in [-0.2, -0.15) is 0 Å². The number of rotatable bonds is 2. The Kier molecular flexibility index (Phi) is 2.34. The Morgan fingerprint density at radius 3 is 2.75 bits per heavy atom. The van der Waals surface area contributed by atoms with Crippen LogP contribution in [0.3, 0.4) is 0 Å². The lowest BCUT2D eigenvalue weighted by molar-refractivity contribution is -0.127. The molecule has 64 valence electrons. The van der Waals surface area contributed by atoms with E-state index >= 15 is 0 Å². The van der Waals surface area contributed by atoms with E-state index in [1.807, 2.05) is 0 Å². The second-order valence-corrected chi connectivity index (χ2v) is 2.49. The van der Waals surface area contributed by atoms with Gasteiger partial charge in [0.15, 0.2) is 0 Å². The molecule has 1 atom stereocenters. The molecule has 1 saturated heterocycles. The van der Waals surface area contributed by atoms with E-state index in [0.717, 1.165) is 4.90 Å². The molecule has 1 aliphatic heterocycles. The molecule has 1 unspecified atom stereocenters. The molecule has 0 bridgehead atoms. The number of nitrogens with zero attached hydrogens (tertiary/aromatic N) is 1. The zero-order valence-electron chi connectivity index (χ0n) is 6.83. The lowest BCUT2D eigenvalue weighted by Crippen LogP contribution is -2.30. The molecule has 0 saturated carbocycles. The number of amides is 3. The monoisotopic (exact) mass is 166 g/mol. The molecule has 3 amide bonds. The van der Waals surface area contributed by atoms with E-state index in [0.29, 0.717) is 6.54 Å². The highest BCUT2D eigenvalue weighted by Crippen LogP contribution is 2.07. The van der Waals surface area contributed by atoms with Gasteiger partial charge in [-0.05, 0) is 6.92 Å². The van der Waals surface area contributed by atoms with Crippen molar-refractivity contribution in [2.24, 2.45) is 0 Å². The number of imide groups is 1. The minimum Gasteiger partial charge on any atom is -0.325 e. The normalized spacial score (nSPS) is 22.3. The molecule has 0 spiro atoms. The van der Waals surface area contributed by atoms with E-state index < -0.39 is 6.04 Å². The second kappa shape index (κ2) is 3.26. The van der Waals surface area contributed by atoms with Crippen LogP contribution in [0.5, 0.6) is 0 Å². The Labute approximate surface area is 70.9 Å². The first kappa shape index (κ1) is 8.60. The SMILES string of the molecule is C#CCC1NC(=O)N(CC)C1=O. The van der Waals surface area contributed by atoms with Gasteiger partial charge in [-0.15, -0.1) is 12.3 Å². The summed E-state index contributed by atoms with van der Waals surface area (Å²) >= 11 is 0. The van der Waals surface area contributed by atoms with Crippen molar-refractivity contribution in [2.45, 2.75) is 19.4 Å². The maximum Gasteiger partial charge on any atom is 0.324 e. The first-order valence-corrected chi connectivity index (χ1v) is 3.76. The highest BCUT2D eigenvalue weighted by molar-refractivity contribution is 6.04. The molecule has 0 aromatic carbocycles. The standard InChI is InChI=1S/C8H10N2O2/c1-3-5-6-7(11)10(4-2)8(12)9-6/h1,6H,4-5H2,2H3,(H,9,12). The van der Waals surface area contributed by atoms with Crippen LogP contribution in [0.4, 0.5) is 4.79 Å². The quantitative estimate of drug-likeness (QED) is 0.462. The summed E-state index contributed by atoms with van der Waals surface area (Å²) in [6.07, 6.45) is 5.30. The molecule has 1 aliphatic rings. The maximum absolute atomic E-state index is 11.3. The minimum atomic E-state index is -0.512. The lowest BCUT2D eigenvalue weighted by Gasteiger charge is -2.07. The Balaban J connectivity index is 2.70. The summed E-state index contributed by atoms with van der Waals surface area (Å²) in [5.74, 6) is 2.12. The molecule has 0 aromatic heterocycles. The molecule has 0 aliphatic carbocycles. The van der Waals surface area contributed by atoms with Crippen molar-refractivity contribution in [1.82, 2.24) is 10.2 Å². The van der Waals surface area contributed by atoms with Crippen LogP contribution in [-0.2, 0) is 4.79 Å². The van der Waals surface area contributed by atoms with Gasteiger partial charge in [-0.3, -0.25) is 9.69 Å². The molecule has 0 radical (unpaired) electrons. The van der Waals surface area contributed by atoms with Gasteiger partial charge in [-0.25, -0.2) is 4.79 Å². The van der Waals surface area contributed by atoms with Gasteiger partial charge in [-0.1, -0.05) is 0 Å². The van der Waals surface area contributed by atoms with E-state index in [1.165, 1.54) is 0 Å². The topological polar surface area (TPSA) is 49.4 Å². The number of likely N-dealkylation sites (N-methyl/N-ethyl adjacent to an activating group) is 1. The van der Waals surface area contributed by atoms with Crippen LogP contribution in [0.1, 0.15) is 13.3 Å². The van der Waals surface area contributed by atoms with Crippen LogP contribution in [-0.4, -0.2) is 29.4 Å². The summed E-state index contributed by atoms with van der Waals surface area (Å²) in [6, 6.07) is -0.856. The van der Waals surface area contributed by atoms with Crippen LogP contribution in [0, 0.1) is 12.3 Å². The molecular weight excluding hydrogens is 156 g/mol. The first-order valence-electron chi connectivity index (χ1n) is 3.76. The number of urea groups is 1. The van der Waals surface area contributed by atoms with Crippen LogP contribution >= 0.6 is 0 Å². The number of nitrogens with one attached hydrogen (secondary N) is 1. The summed E-state index contributed by atoms with van der Waals surface area (Å²) in [5.41, 5.74) is 0. The van der Waals surface area contributed by atoms with Crippen LogP contribution in [0.15, 0.2) is 0 Å². The van der Waals surface area contributed by atoms with Crippen molar-refractivity contribution in [2.75, 3.05) is 6.54 Å². The van der Waals surface area contributed by atoms with Gasteiger partial charge < -0.3 is 5.32 Å². The van der Waals surface area contributed by atoms with Gasteiger partial charge in [0.05, 0.1) is 0 Å². The fourth-order valence-corrected chi connectivity index (χ4v) is 1.13. The third-order valence-corrected chi connectivity index (χ3v) is 1.75. The summed E-state index contributed by atoms with van der Waals surface area (Å²) in [5, 5.41) is 2.50. The average Bonchev–Trinajstić information content (AvgIpc) is 2.29. The third kappa shape index (κ3) is 1.26. The molecule has 4 nitrogen and oxygen atoms in total. The maximum atomic E-state index is 11.3. The van der Waals surface area contributed by atoms with Crippen molar-refractivity contribution in [1.29, 1.82) is 0 Å². The molecule has 4 heteroatoms. The van der Waals surface area contributed by atoms with Crippen LogP contribution < -0.4 is 5.32 Å². The number of hydrogen-bond acceptors (Lipinski definition) is 2. The summed E-state index contributed by atoms with van der Waals surface area (Å²) in [6.45, 7) is 2.14. The minimum absolute atomic E-state index is 0.222. The first-order chi connectivity index (χ1) is 5.70. The van der Waals surface area contributed by atoms with Crippen LogP contribution in [0.25, 0.3) is 0 Å². The zero-order valence-corrected chi connectivity index (χ0v) is 6.83. The van der Waals surface area contributed by atoms with Gasteiger partial charge in [0, 0.05) is 13.0 Å². The summed E-state index contributed by atoms with van der Waals surface area (Å²) in [7, 11) is 0. The third-order valence-electron chi connectivity index (χ3n) is 1.75. The molecular formula is C8H10N2O2. The fraction of sp³-hybridized carbons (Fsp3) is 0.500. The van der Waals surface area contributed by atoms with Crippen molar-refractivity contribution < 1.29 is 9.59 Å². The Bertz CT molecular complexity index is 254. The number of carbonyl (C=O) groups excluding carboxylic acids is 2. The largest absolute Gasteiger partial charge is 0.325 e. The molecule has 1 rings (SSSR count). The van der Waals surface area contributed by atoms with Gasteiger partial charge in [0.25, 0.3) is 5.91 Å². The van der Waals surface area contributed by atoms with Crippen molar-refractivity contribution in [3.8, 4) is 12.3 Å². The van der Waals surface area contributed by atoms with Crippen LogP contribution in [0.2, 0.25) is 0 Å². The Morgan fingerprint density at radius 1 is 1.67 bits per heavy atom. The van der Waals surface area contributed by atoms with E-state index in [4.69, 9.17) is 6.42 Å². The molecule has 0 aromatic rings. The Hall–Kier alpha value is -1.50. The highest BCUT2D eigenvalue weighted by Gasteiger charge is 2.35. The van der Waals surface area contributed by atoms with Gasteiger partial charge in [0.2, 0.25) is 0 Å². The van der Waals surface area contributed by atoms with Gasteiger partial charge >= 0.3 is 6.03 Å². The Morgan fingerprint density at radius 2 is 2.33 bits per heavy atom. The van der Waals surface area contributed by atoms with E-state index in [-0.39, 0.29) is 18.4 Å². The smallest absolute Gasteiger partial charge is 0.324 e. The van der Waals surface area contributed by atoms with Gasteiger partial charge in [0.1, 0.15) is 6.04 Å². The fourth-order valence-electron chi connectivity index (χ4n) is 1.13. The van der Waals surface area contributed by atoms with E-state index in [2.05, 4.69) is 11.2 Å². The second-order valence-electron chi connectivity index (χ2n) is 2.49. The van der Waals surface area contributed by atoms with E-state index in [9.17, 15) is 9.59 Å². The highest BCUT2D eigenvalue weighted by atomic mass is 16.2. The van der Waals surface area contributed by atoms with Crippen molar-refractivity contribution in [3.05, 3.63) is 0 Å². The van der Waals surface area contributed by atoms with Crippen molar-refractivity contribution in [3.63, 3.8) is 0 Å². The van der Waals surface area contributed by atoms with E-state index in [1.54, 1.807) is 6.92 Å². The zero-order chi connectivity index (χ0) is 9.14. The predicted molar refractivity (Wildman–Crippen MR) is 43.2 cm³/mol. The number of carbonyl (C=O) groups is 2. The molecule has 1 heterocycles. The summed E-state index contributed by atoms with van der Waals surface area (Å²) < 4.78 is 0. The molecule has 1 N–H and O–H groups in total. The molecule has 1 fully saturated rings.